The molecule has 0 amide bonds. The predicted octanol–water partition coefficient (Wildman–Crippen LogP) is 4.96. The molecule has 1 atom stereocenters. The molecular formula is C17H32O2. The van der Waals surface area contributed by atoms with Gasteiger partial charge in [-0.3, -0.25) is 4.79 Å². The molecule has 112 valence electrons. The minimum atomic E-state index is -0.321. The van der Waals surface area contributed by atoms with Gasteiger partial charge in [0.1, 0.15) is 5.60 Å². The molecule has 1 aliphatic carbocycles. The van der Waals surface area contributed by atoms with Crippen molar-refractivity contribution >= 4 is 5.97 Å². The smallest absolute Gasteiger partial charge is 0.312 e. The van der Waals surface area contributed by atoms with Crippen LogP contribution in [-0.4, -0.2) is 11.6 Å². The number of rotatable bonds is 6. The van der Waals surface area contributed by atoms with Crippen LogP contribution in [0.15, 0.2) is 0 Å². The lowest BCUT2D eigenvalue weighted by Crippen LogP contribution is -2.42. The van der Waals surface area contributed by atoms with Crippen LogP contribution in [0.25, 0.3) is 0 Å². The minimum Gasteiger partial charge on any atom is -0.458 e. The fourth-order valence-electron chi connectivity index (χ4n) is 3.35. The monoisotopic (exact) mass is 268 g/mol. The van der Waals surface area contributed by atoms with E-state index in [1.54, 1.807) is 0 Å². The zero-order valence-electron chi connectivity index (χ0n) is 13.7. The first-order valence-electron chi connectivity index (χ1n) is 7.99. The van der Waals surface area contributed by atoms with Crippen LogP contribution in [-0.2, 0) is 9.53 Å². The van der Waals surface area contributed by atoms with Gasteiger partial charge in [0.15, 0.2) is 0 Å². The second-order valence-corrected chi connectivity index (χ2v) is 7.33. The summed E-state index contributed by atoms with van der Waals surface area (Å²) in [7, 11) is 0. The number of carbonyl (C=O) groups is 1. The lowest BCUT2D eigenvalue weighted by atomic mass is 9.79. The molecule has 0 N–H and O–H groups in total. The van der Waals surface area contributed by atoms with Gasteiger partial charge in [0, 0.05) is 0 Å². The van der Waals surface area contributed by atoms with E-state index in [4.69, 9.17) is 4.74 Å². The van der Waals surface area contributed by atoms with Crippen molar-refractivity contribution in [2.45, 2.75) is 85.7 Å². The van der Waals surface area contributed by atoms with Gasteiger partial charge in [-0.05, 0) is 57.3 Å². The average Bonchev–Trinajstić information content (AvgIpc) is 2.77. The molecule has 1 aliphatic rings. The Balaban J connectivity index is 2.81. The highest BCUT2D eigenvalue weighted by Crippen LogP contribution is 2.42. The summed E-state index contributed by atoms with van der Waals surface area (Å²) in [5.74, 6) is 0.967. The molecular weight excluding hydrogens is 236 g/mol. The molecule has 0 aromatic rings. The second kappa shape index (κ2) is 6.28. The van der Waals surface area contributed by atoms with Gasteiger partial charge in [0.2, 0.25) is 0 Å². The quantitative estimate of drug-likeness (QED) is 0.636. The van der Waals surface area contributed by atoms with Gasteiger partial charge in [-0.1, -0.05) is 34.6 Å². The summed E-state index contributed by atoms with van der Waals surface area (Å²) in [5, 5.41) is 0. The van der Waals surface area contributed by atoms with Gasteiger partial charge < -0.3 is 4.74 Å². The Morgan fingerprint density at radius 3 is 2.11 bits per heavy atom. The van der Waals surface area contributed by atoms with Gasteiger partial charge in [0.25, 0.3) is 0 Å². The second-order valence-electron chi connectivity index (χ2n) is 7.33. The predicted molar refractivity (Wildman–Crippen MR) is 80.0 cm³/mol. The Morgan fingerprint density at radius 2 is 1.74 bits per heavy atom. The first-order chi connectivity index (χ1) is 8.76. The van der Waals surface area contributed by atoms with Crippen molar-refractivity contribution in [3.63, 3.8) is 0 Å². The zero-order chi connectivity index (χ0) is 14.7. The first kappa shape index (κ1) is 16.5. The minimum absolute atomic E-state index is 0.0271. The summed E-state index contributed by atoms with van der Waals surface area (Å²) in [6.07, 6.45) is 6.24. The molecule has 2 nitrogen and oxygen atoms in total. The highest BCUT2D eigenvalue weighted by atomic mass is 16.6. The van der Waals surface area contributed by atoms with Crippen LogP contribution in [0.4, 0.5) is 0 Å². The highest BCUT2D eigenvalue weighted by molar-refractivity contribution is 5.76. The number of carbonyl (C=O) groups excluding carboxylic acids is 1. The molecule has 0 heterocycles. The zero-order valence-corrected chi connectivity index (χ0v) is 13.7. The molecule has 1 unspecified atom stereocenters. The van der Waals surface area contributed by atoms with Crippen LogP contribution in [0, 0.1) is 17.3 Å². The summed E-state index contributed by atoms with van der Waals surface area (Å²) >= 11 is 0. The number of ether oxygens (including phenoxy) is 1. The Labute approximate surface area is 119 Å². The Kier molecular flexibility index (Phi) is 5.46. The molecule has 1 saturated carbocycles. The van der Waals surface area contributed by atoms with Gasteiger partial charge in [-0.15, -0.1) is 0 Å². The standard InChI is InChI=1S/C17H32O2/c1-7-16(6,12-13(2)3)15(18)19-17(14(4)5)10-8-9-11-17/h13-14H,7-12H2,1-6H3. The Hall–Kier alpha value is -0.530. The van der Waals surface area contributed by atoms with E-state index in [0.29, 0.717) is 11.8 Å². The van der Waals surface area contributed by atoms with E-state index in [1.807, 2.05) is 0 Å². The molecule has 0 aromatic carbocycles. The summed E-state index contributed by atoms with van der Waals surface area (Å²) in [6.45, 7) is 12.9. The Morgan fingerprint density at radius 1 is 1.21 bits per heavy atom. The van der Waals surface area contributed by atoms with Crippen molar-refractivity contribution in [1.29, 1.82) is 0 Å². The van der Waals surface area contributed by atoms with Crippen molar-refractivity contribution in [2.24, 2.45) is 17.3 Å². The molecule has 1 rings (SSSR count). The Bertz CT molecular complexity index is 300. The molecule has 2 heteroatoms. The van der Waals surface area contributed by atoms with Crippen molar-refractivity contribution < 1.29 is 9.53 Å². The van der Waals surface area contributed by atoms with Gasteiger partial charge in [-0.25, -0.2) is 0 Å². The maximum Gasteiger partial charge on any atom is 0.312 e. The van der Waals surface area contributed by atoms with Crippen molar-refractivity contribution in [1.82, 2.24) is 0 Å². The fourth-order valence-corrected chi connectivity index (χ4v) is 3.35. The third kappa shape index (κ3) is 3.73. The summed E-state index contributed by atoms with van der Waals surface area (Å²) in [5.41, 5.74) is -0.511. The lowest BCUT2D eigenvalue weighted by molar-refractivity contribution is -0.177. The van der Waals surface area contributed by atoms with Crippen molar-refractivity contribution in [2.75, 3.05) is 0 Å². The van der Waals surface area contributed by atoms with E-state index < -0.39 is 0 Å². The third-order valence-corrected chi connectivity index (χ3v) is 4.93. The molecule has 0 bridgehead atoms. The van der Waals surface area contributed by atoms with E-state index in [2.05, 4.69) is 41.5 Å². The fraction of sp³-hybridized carbons (Fsp3) is 0.941. The highest BCUT2D eigenvalue weighted by Gasteiger charge is 2.44. The lowest BCUT2D eigenvalue weighted by Gasteiger charge is -2.38. The van der Waals surface area contributed by atoms with Crippen LogP contribution in [0.1, 0.15) is 80.1 Å². The SMILES string of the molecule is CCC(C)(CC(C)C)C(=O)OC1(C(C)C)CCCC1. The molecule has 1 fully saturated rings. The molecule has 0 radical (unpaired) electrons. The average molecular weight is 268 g/mol. The number of hydrogen-bond donors (Lipinski definition) is 0. The van der Waals surface area contributed by atoms with E-state index in [1.165, 1.54) is 12.8 Å². The molecule has 19 heavy (non-hydrogen) atoms. The topological polar surface area (TPSA) is 26.3 Å². The van der Waals surface area contributed by atoms with Crippen LogP contribution in [0.3, 0.4) is 0 Å². The molecule has 0 saturated heterocycles. The van der Waals surface area contributed by atoms with Gasteiger partial charge >= 0.3 is 5.97 Å². The van der Waals surface area contributed by atoms with Crippen LogP contribution in [0.2, 0.25) is 0 Å². The molecule has 0 aromatic heterocycles. The molecule has 0 spiro atoms. The normalized spacial score (nSPS) is 21.7. The van der Waals surface area contributed by atoms with E-state index >= 15 is 0 Å². The number of esters is 1. The maximum absolute atomic E-state index is 12.7. The van der Waals surface area contributed by atoms with E-state index in [-0.39, 0.29) is 17.0 Å². The largest absolute Gasteiger partial charge is 0.458 e. The van der Waals surface area contributed by atoms with Crippen molar-refractivity contribution in [3.05, 3.63) is 0 Å². The van der Waals surface area contributed by atoms with E-state index in [9.17, 15) is 4.79 Å². The first-order valence-corrected chi connectivity index (χ1v) is 7.99. The summed E-state index contributed by atoms with van der Waals surface area (Å²) in [6, 6.07) is 0. The third-order valence-electron chi connectivity index (χ3n) is 4.93. The summed E-state index contributed by atoms with van der Waals surface area (Å²) < 4.78 is 6.08. The van der Waals surface area contributed by atoms with E-state index in [0.717, 1.165) is 25.7 Å². The maximum atomic E-state index is 12.7. The van der Waals surface area contributed by atoms with Gasteiger partial charge in [0.05, 0.1) is 5.41 Å². The van der Waals surface area contributed by atoms with Crippen LogP contribution < -0.4 is 0 Å². The number of hydrogen-bond acceptors (Lipinski definition) is 2. The van der Waals surface area contributed by atoms with Gasteiger partial charge in [-0.2, -0.15) is 0 Å². The molecule has 0 aliphatic heterocycles. The summed E-state index contributed by atoms with van der Waals surface area (Å²) in [4.78, 5) is 12.7. The van der Waals surface area contributed by atoms with Crippen molar-refractivity contribution in [3.8, 4) is 0 Å². The van der Waals surface area contributed by atoms with Crippen LogP contribution in [0.5, 0.6) is 0 Å². The van der Waals surface area contributed by atoms with Crippen LogP contribution >= 0.6 is 0 Å².